The summed E-state index contributed by atoms with van der Waals surface area (Å²) in [5, 5.41) is 8.80. The van der Waals surface area contributed by atoms with Crippen molar-refractivity contribution in [2.24, 2.45) is 0 Å². The second kappa shape index (κ2) is 8.52. The summed E-state index contributed by atoms with van der Waals surface area (Å²) >= 11 is 0. The van der Waals surface area contributed by atoms with Gasteiger partial charge in [-0.15, -0.1) is 0 Å². The van der Waals surface area contributed by atoms with Crippen LogP contribution in [0.5, 0.6) is 0 Å². The maximum absolute atomic E-state index is 13.1. The van der Waals surface area contributed by atoms with E-state index in [2.05, 4.69) is 24.3 Å². The summed E-state index contributed by atoms with van der Waals surface area (Å²) in [4.78, 5) is 13.1. The number of carbonyl (C=O) groups is 1. The fourth-order valence-electron chi connectivity index (χ4n) is 4.09. The van der Waals surface area contributed by atoms with Crippen LogP contribution in [0.4, 0.5) is 0 Å². The van der Waals surface area contributed by atoms with Gasteiger partial charge in [0, 0.05) is 5.56 Å². The van der Waals surface area contributed by atoms with Crippen LogP contribution < -0.4 is 5.62 Å². The molecule has 4 heteroatoms. The number of aromatic nitrogens is 2. The zero-order valence-corrected chi connectivity index (χ0v) is 17.6. The van der Waals surface area contributed by atoms with E-state index in [-0.39, 0.29) is 12.3 Å². The second-order valence-electron chi connectivity index (χ2n) is 7.84. The molecule has 0 saturated heterocycles. The second-order valence-corrected chi connectivity index (χ2v) is 7.84. The summed E-state index contributed by atoms with van der Waals surface area (Å²) in [6.45, 7) is 0.721. The SMILES string of the molecule is N=c1n(CC(=O)c2ccc(-c3ccccc3)cc2)c2ccccc2n1Cc1ccccc1. The molecule has 0 saturated carbocycles. The predicted octanol–water partition coefficient (Wildman–Crippen LogP) is 5.52. The minimum Gasteiger partial charge on any atom is -0.306 e. The van der Waals surface area contributed by atoms with Crippen molar-refractivity contribution in [2.45, 2.75) is 13.1 Å². The first kappa shape index (κ1) is 19.8. The lowest BCUT2D eigenvalue weighted by molar-refractivity contribution is 0.0971. The van der Waals surface area contributed by atoms with Gasteiger partial charge in [-0.05, 0) is 28.8 Å². The molecule has 1 N–H and O–H groups in total. The minimum atomic E-state index is -0.00859. The zero-order chi connectivity index (χ0) is 21.9. The largest absolute Gasteiger partial charge is 0.306 e. The fourth-order valence-corrected chi connectivity index (χ4v) is 4.09. The Labute approximate surface area is 186 Å². The molecule has 4 aromatic carbocycles. The molecule has 0 fully saturated rings. The van der Waals surface area contributed by atoms with Crippen molar-refractivity contribution in [3.05, 3.63) is 126 Å². The molecule has 0 unspecified atom stereocenters. The van der Waals surface area contributed by atoms with Gasteiger partial charge in [0.2, 0.25) is 5.62 Å². The summed E-state index contributed by atoms with van der Waals surface area (Å²) in [5.74, 6) is -0.00859. The van der Waals surface area contributed by atoms with Gasteiger partial charge >= 0.3 is 0 Å². The highest BCUT2D eigenvalue weighted by Gasteiger charge is 2.15. The first-order valence-corrected chi connectivity index (χ1v) is 10.7. The molecule has 156 valence electrons. The first-order chi connectivity index (χ1) is 15.7. The lowest BCUT2D eigenvalue weighted by Crippen LogP contribution is -2.27. The number of nitrogens with one attached hydrogen (secondary N) is 1. The Kier molecular flexibility index (Phi) is 5.26. The number of fused-ring (bicyclic) bond motifs is 1. The highest BCUT2D eigenvalue weighted by molar-refractivity contribution is 5.97. The Hall–Kier alpha value is -4.18. The molecular formula is C28H23N3O. The van der Waals surface area contributed by atoms with Crippen LogP contribution in [-0.4, -0.2) is 14.9 Å². The van der Waals surface area contributed by atoms with Gasteiger partial charge in [-0.1, -0.05) is 97.1 Å². The summed E-state index contributed by atoms with van der Waals surface area (Å²) in [6.07, 6.45) is 0. The van der Waals surface area contributed by atoms with Crippen molar-refractivity contribution in [1.82, 2.24) is 9.13 Å². The normalized spacial score (nSPS) is 11.0. The minimum absolute atomic E-state index is 0.00859. The predicted molar refractivity (Wildman–Crippen MR) is 128 cm³/mol. The molecule has 5 rings (SSSR count). The van der Waals surface area contributed by atoms with Gasteiger partial charge < -0.3 is 9.13 Å². The lowest BCUT2D eigenvalue weighted by atomic mass is 10.0. The van der Waals surface area contributed by atoms with E-state index in [1.165, 1.54) is 0 Å². The van der Waals surface area contributed by atoms with Gasteiger partial charge in [0.15, 0.2) is 5.78 Å². The van der Waals surface area contributed by atoms with E-state index in [0.29, 0.717) is 17.7 Å². The van der Waals surface area contributed by atoms with Gasteiger partial charge in [0.05, 0.1) is 24.1 Å². The maximum Gasteiger partial charge on any atom is 0.203 e. The van der Waals surface area contributed by atoms with Crippen molar-refractivity contribution < 1.29 is 4.79 Å². The number of para-hydroxylation sites is 2. The molecule has 0 amide bonds. The van der Waals surface area contributed by atoms with Crippen molar-refractivity contribution in [3.63, 3.8) is 0 Å². The number of benzene rings is 4. The van der Waals surface area contributed by atoms with Crippen molar-refractivity contribution >= 4 is 16.8 Å². The molecular weight excluding hydrogens is 394 g/mol. The number of Topliss-reactive ketones (excluding diaryl/α,β-unsaturated/α-hetero) is 1. The highest BCUT2D eigenvalue weighted by Crippen LogP contribution is 2.20. The number of nitrogens with zero attached hydrogens (tertiary/aromatic N) is 2. The number of imidazole rings is 1. The van der Waals surface area contributed by atoms with Crippen molar-refractivity contribution in [1.29, 1.82) is 5.41 Å². The highest BCUT2D eigenvalue weighted by atomic mass is 16.1. The molecule has 4 nitrogen and oxygen atoms in total. The van der Waals surface area contributed by atoms with Crippen LogP contribution in [0.25, 0.3) is 22.2 Å². The van der Waals surface area contributed by atoms with Gasteiger partial charge in [0.1, 0.15) is 0 Å². The number of hydrogen-bond donors (Lipinski definition) is 1. The van der Waals surface area contributed by atoms with Crippen LogP contribution in [0.1, 0.15) is 15.9 Å². The Morgan fingerprint density at radius 2 is 1.16 bits per heavy atom. The topological polar surface area (TPSA) is 50.8 Å². The molecule has 32 heavy (non-hydrogen) atoms. The van der Waals surface area contributed by atoms with E-state index in [1.54, 1.807) is 4.57 Å². The monoisotopic (exact) mass is 417 g/mol. The number of ketones is 1. The summed E-state index contributed by atoms with van der Waals surface area (Å²) in [5.41, 5.74) is 6.14. The van der Waals surface area contributed by atoms with E-state index < -0.39 is 0 Å². The third-order valence-electron chi connectivity index (χ3n) is 5.77. The molecule has 0 bridgehead atoms. The number of carbonyl (C=O) groups excluding carboxylic acids is 1. The van der Waals surface area contributed by atoms with E-state index in [4.69, 9.17) is 5.41 Å². The van der Waals surface area contributed by atoms with E-state index in [1.807, 2.05) is 89.5 Å². The van der Waals surface area contributed by atoms with Crippen molar-refractivity contribution in [2.75, 3.05) is 0 Å². The summed E-state index contributed by atoms with van der Waals surface area (Å²) < 4.78 is 3.75. The van der Waals surface area contributed by atoms with E-state index in [0.717, 1.165) is 27.7 Å². The molecule has 0 aliphatic heterocycles. The third kappa shape index (κ3) is 3.79. The van der Waals surface area contributed by atoms with Crippen LogP contribution in [0.3, 0.4) is 0 Å². The van der Waals surface area contributed by atoms with E-state index in [9.17, 15) is 4.79 Å². The fraction of sp³-hybridized carbons (Fsp3) is 0.0714. The van der Waals surface area contributed by atoms with Gasteiger partial charge in [-0.2, -0.15) is 0 Å². The first-order valence-electron chi connectivity index (χ1n) is 10.7. The Bertz CT molecular complexity index is 1430. The average Bonchev–Trinajstić information content (AvgIpc) is 3.11. The maximum atomic E-state index is 13.1. The molecule has 0 aliphatic rings. The number of rotatable bonds is 6. The van der Waals surface area contributed by atoms with Gasteiger partial charge in [-0.25, -0.2) is 0 Å². The summed E-state index contributed by atoms with van der Waals surface area (Å²) in [6, 6.07) is 35.8. The van der Waals surface area contributed by atoms with E-state index >= 15 is 0 Å². The van der Waals surface area contributed by atoms with Gasteiger partial charge in [-0.3, -0.25) is 10.2 Å². The van der Waals surface area contributed by atoms with Crippen LogP contribution >= 0.6 is 0 Å². The van der Waals surface area contributed by atoms with Crippen LogP contribution in [0.2, 0.25) is 0 Å². The molecule has 0 aliphatic carbocycles. The third-order valence-corrected chi connectivity index (χ3v) is 5.77. The molecule has 0 spiro atoms. The van der Waals surface area contributed by atoms with Gasteiger partial charge in [0.25, 0.3) is 0 Å². The standard InChI is InChI=1S/C28H23N3O/c29-28-30(19-21-9-3-1-4-10-21)25-13-7-8-14-26(25)31(28)20-27(32)24-17-15-23(16-18-24)22-11-5-2-6-12-22/h1-18,29H,19-20H2. The zero-order valence-electron chi connectivity index (χ0n) is 17.6. The van der Waals surface area contributed by atoms with Crippen LogP contribution in [-0.2, 0) is 13.1 Å². The molecule has 1 heterocycles. The average molecular weight is 418 g/mol. The molecule has 0 atom stereocenters. The Balaban J connectivity index is 1.46. The van der Waals surface area contributed by atoms with Crippen LogP contribution in [0, 0.1) is 5.41 Å². The molecule has 0 radical (unpaired) electrons. The quantitative estimate of drug-likeness (QED) is 0.363. The van der Waals surface area contributed by atoms with Crippen LogP contribution in [0.15, 0.2) is 109 Å². The Morgan fingerprint density at radius 3 is 1.81 bits per heavy atom. The molecule has 5 aromatic rings. The summed E-state index contributed by atoms with van der Waals surface area (Å²) in [7, 11) is 0. The number of hydrogen-bond acceptors (Lipinski definition) is 2. The lowest BCUT2D eigenvalue weighted by Gasteiger charge is -2.07. The molecule has 1 aromatic heterocycles. The Morgan fingerprint density at radius 1 is 0.625 bits per heavy atom. The smallest absolute Gasteiger partial charge is 0.203 e. The van der Waals surface area contributed by atoms with Crippen molar-refractivity contribution in [3.8, 4) is 11.1 Å².